The molecule has 1 unspecified atom stereocenters. The molecule has 0 aromatic carbocycles. The Morgan fingerprint density at radius 2 is 2.44 bits per heavy atom. The Bertz CT molecular complexity index is 439. The molecule has 1 aromatic heterocycles. The highest BCUT2D eigenvalue weighted by Crippen LogP contribution is 2.23. The molecule has 0 fully saturated rings. The number of aliphatic imine (C=N–C) groups is 3. The summed E-state index contributed by atoms with van der Waals surface area (Å²) in [6, 6.07) is 2.20. The van der Waals surface area contributed by atoms with Gasteiger partial charge in [-0.05, 0) is 37.9 Å². The maximum absolute atomic E-state index is 6.05. The van der Waals surface area contributed by atoms with Crippen LogP contribution in [0, 0.1) is 0 Å². The molecule has 1 heterocycles. The fraction of sp³-hybridized carbons (Fsp3) is 0.417. The number of rotatable bonds is 5. The van der Waals surface area contributed by atoms with Crippen molar-refractivity contribution in [2.24, 2.45) is 15.0 Å². The van der Waals surface area contributed by atoms with E-state index in [2.05, 4.69) is 33.9 Å². The van der Waals surface area contributed by atoms with Crippen molar-refractivity contribution in [2.75, 3.05) is 7.05 Å². The number of aryl methyl sites for hydroxylation is 1. The zero-order valence-corrected chi connectivity index (χ0v) is 12.1. The van der Waals surface area contributed by atoms with E-state index in [0.717, 1.165) is 17.9 Å². The predicted octanol–water partition coefficient (Wildman–Crippen LogP) is 3.03. The lowest BCUT2D eigenvalue weighted by Gasteiger charge is -2.13. The van der Waals surface area contributed by atoms with Gasteiger partial charge in [0, 0.05) is 18.0 Å². The first kappa shape index (κ1) is 14.9. The zero-order valence-electron chi connectivity index (χ0n) is 10.6. The molecular formula is C12H17ClN4S. The van der Waals surface area contributed by atoms with Crippen LogP contribution in [0.2, 0.25) is 5.02 Å². The molecule has 0 aliphatic rings. The first-order chi connectivity index (χ1) is 8.67. The number of nitrogens with zero attached hydrogens (tertiary/aromatic N) is 3. The second-order valence-corrected chi connectivity index (χ2v) is 5.16. The lowest BCUT2D eigenvalue weighted by atomic mass is 10.1. The van der Waals surface area contributed by atoms with Crippen molar-refractivity contribution in [2.45, 2.75) is 25.8 Å². The van der Waals surface area contributed by atoms with Gasteiger partial charge in [0.15, 0.2) is 0 Å². The van der Waals surface area contributed by atoms with E-state index < -0.39 is 0 Å². The van der Waals surface area contributed by atoms with Gasteiger partial charge in [-0.3, -0.25) is 9.98 Å². The zero-order chi connectivity index (χ0) is 13.4. The van der Waals surface area contributed by atoms with Crippen LogP contribution in [0.4, 0.5) is 0 Å². The quantitative estimate of drug-likeness (QED) is 0.656. The van der Waals surface area contributed by atoms with E-state index in [1.807, 2.05) is 11.4 Å². The molecule has 0 amide bonds. The molecule has 6 heteroatoms. The Labute approximate surface area is 117 Å². The fourth-order valence-electron chi connectivity index (χ4n) is 1.40. The monoisotopic (exact) mass is 284 g/mol. The molecule has 1 rings (SSSR count). The molecule has 1 atom stereocenters. The first-order valence-corrected chi connectivity index (χ1v) is 6.86. The van der Waals surface area contributed by atoms with Gasteiger partial charge in [0.05, 0.1) is 5.02 Å². The summed E-state index contributed by atoms with van der Waals surface area (Å²) in [5.41, 5.74) is 0. The second kappa shape index (κ2) is 8.00. The number of halogens is 1. The van der Waals surface area contributed by atoms with Crippen molar-refractivity contribution in [3.63, 3.8) is 0 Å². The number of hydrogen-bond donors (Lipinski definition) is 1. The van der Waals surface area contributed by atoms with Gasteiger partial charge in [0.2, 0.25) is 5.96 Å². The largest absolute Gasteiger partial charge is 0.352 e. The Morgan fingerprint density at radius 1 is 1.67 bits per heavy atom. The highest BCUT2D eigenvalue weighted by molar-refractivity contribution is 7.10. The van der Waals surface area contributed by atoms with Crippen molar-refractivity contribution in [1.29, 1.82) is 0 Å². The molecule has 0 bridgehead atoms. The van der Waals surface area contributed by atoms with Gasteiger partial charge in [0.25, 0.3) is 0 Å². The van der Waals surface area contributed by atoms with Gasteiger partial charge in [-0.2, -0.15) is 0 Å². The molecule has 1 N–H and O–H groups in total. The van der Waals surface area contributed by atoms with Crippen LogP contribution in [-0.4, -0.2) is 32.1 Å². The summed E-state index contributed by atoms with van der Waals surface area (Å²) in [6.07, 6.45) is 3.29. The van der Waals surface area contributed by atoms with Crippen LogP contribution in [0.3, 0.4) is 0 Å². The van der Waals surface area contributed by atoms with E-state index in [-0.39, 0.29) is 6.04 Å². The minimum absolute atomic E-state index is 0.267. The number of guanidine groups is 1. The normalized spacial score (nSPS) is 13.8. The third kappa shape index (κ3) is 4.98. The summed E-state index contributed by atoms with van der Waals surface area (Å²) in [7, 11) is 1.69. The van der Waals surface area contributed by atoms with E-state index in [1.165, 1.54) is 11.2 Å². The van der Waals surface area contributed by atoms with Gasteiger partial charge in [-0.25, -0.2) is 4.99 Å². The SMILES string of the molecule is C=N/C=N\C(=NC)NC(C)CCc1sccc1Cl. The lowest BCUT2D eigenvalue weighted by molar-refractivity contribution is 0.606. The minimum Gasteiger partial charge on any atom is -0.352 e. The van der Waals surface area contributed by atoms with E-state index in [0.29, 0.717) is 5.96 Å². The van der Waals surface area contributed by atoms with Gasteiger partial charge < -0.3 is 5.32 Å². The molecule has 0 spiro atoms. The average molecular weight is 285 g/mol. The molecular weight excluding hydrogens is 268 g/mol. The summed E-state index contributed by atoms with van der Waals surface area (Å²) in [4.78, 5) is 12.8. The van der Waals surface area contributed by atoms with Crippen molar-refractivity contribution in [1.82, 2.24) is 5.32 Å². The molecule has 0 saturated carbocycles. The van der Waals surface area contributed by atoms with Crippen molar-refractivity contribution in [3.8, 4) is 0 Å². The van der Waals surface area contributed by atoms with E-state index >= 15 is 0 Å². The predicted molar refractivity (Wildman–Crippen MR) is 81.6 cm³/mol. The Hall–Kier alpha value is -1.20. The van der Waals surface area contributed by atoms with Gasteiger partial charge in [-0.15, -0.1) is 11.3 Å². The fourth-order valence-corrected chi connectivity index (χ4v) is 2.55. The number of thiophene rings is 1. The number of hydrogen-bond acceptors (Lipinski definition) is 2. The summed E-state index contributed by atoms with van der Waals surface area (Å²) in [5, 5.41) is 6.07. The van der Waals surface area contributed by atoms with Crippen LogP contribution < -0.4 is 5.32 Å². The maximum Gasteiger partial charge on any atom is 0.219 e. The Kier molecular flexibility index (Phi) is 6.60. The van der Waals surface area contributed by atoms with E-state index in [4.69, 9.17) is 11.6 Å². The summed E-state index contributed by atoms with van der Waals surface area (Å²) in [5.74, 6) is 0.562. The van der Waals surface area contributed by atoms with Crippen LogP contribution >= 0.6 is 22.9 Å². The third-order valence-electron chi connectivity index (χ3n) is 2.34. The van der Waals surface area contributed by atoms with Gasteiger partial charge in [0.1, 0.15) is 6.34 Å². The van der Waals surface area contributed by atoms with Gasteiger partial charge >= 0.3 is 0 Å². The second-order valence-electron chi connectivity index (χ2n) is 3.75. The average Bonchev–Trinajstić information content (AvgIpc) is 2.77. The number of nitrogens with one attached hydrogen (secondary N) is 1. The van der Waals surface area contributed by atoms with Crippen molar-refractivity contribution in [3.05, 3.63) is 21.3 Å². The molecule has 0 radical (unpaired) electrons. The highest BCUT2D eigenvalue weighted by Gasteiger charge is 2.07. The topological polar surface area (TPSA) is 49.1 Å². The van der Waals surface area contributed by atoms with E-state index in [1.54, 1.807) is 18.4 Å². The van der Waals surface area contributed by atoms with E-state index in [9.17, 15) is 0 Å². The van der Waals surface area contributed by atoms with Crippen molar-refractivity contribution >= 4 is 42.0 Å². The highest BCUT2D eigenvalue weighted by atomic mass is 35.5. The molecule has 18 heavy (non-hydrogen) atoms. The summed E-state index contributed by atoms with van der Waals surface area (Å²) in [6.45, 7) is 5.42. The Balaban J connectivity index is 2.41. The minimum atomic E-state index is 0.267. The summed E-state index contributed by atoms with van der Waals surface area (Å²) >= 11 is 7.74. The van der Waals surface area contributed by atoms with Crippen molar-refractivity contribution < 1.29 is 0 Å². The standard InChI is InChI=1S/C12H17ClN4S/c1-9(17-12(15-3)16-8-14-2)4-5-11-10(13)6-7-18-11/h6-9H,2,4-5H2,1,3H3,(H,15,17)/b16-8-. The molecule has 0 aliphatic carbocycles. The molecule has 1 aromatic rings. The molecule has 0 aliphatic heterocycles. The van der Waals surface area contributed by atoms with Crippen LogP contribution in [0.15, 0.2) is 26.4 Å². The summed E-state index contributed by atoms with van der Waals surface area (Å²) < 4.78 is 0. The Morgan fingerprint density at radius 3 is 3.00 bits per heavy atom. The van der Waals surface area contributed by atoms with Crippen LogP contribution in [0.1, 0.15) is 18.2 Å². The maximum atomic E-state index is 6.05. The molecule has 4 nitrogen and oxygen atoms in total. The smallest absolute Gasteiger partial charge is 0.219 e. The first-order valence-electron chi connectivity index (χ1n) is 5.61. The third-order valence-corrected chi connectivity index (χ3v) is 3.79. The molecule has 0 saturated heterocycles. The lowest BCUT2D eigenvalue weighted by Crippen LogP contribution is -2.31. The molecule has 98 valence electrons. The van der Waals surface area contributed by atoms with Gasteiger partial charge in [-0.1, -0.05) is 11.6 Å². The van der Waals surface area contributed by atoms with Crippen LogP contribution in [0.5, 0.6) is 0 Å². The van der Waals surface area contributed by atoms with Crippen LogP contribution in [-0.2, 0) is 6.42 Å². The van der Waals surface area contributed by atoms with Crippen LogP contribution in [0.25, 0.3) is 0 Å².